The van der Waals surface area contributed by atoms with Gasteiger partial charge < -0.3 is 20.1 Å². The van der Waals surface area contributed by atoms with Crippen LogP contribution in [0.3, 0.4) is 0 Å². The predicted octanol–water partition coefficient (Wildman–Crippen LogP) is 3.57. The van der Waals surface area contributed by atoms with Crippen molar-refractivity contribution in [1.82, 2.24) is 30.0 Å². The van der Waals surface area contributed by atoms with E-state index in [1.54, 1.807) is 12.3 Å². The fraction of sp³-hybridized carbons (Fsp3) is 0.192. The van der Waals surface area contributed by atoms with E-state index in [2.05, 4.69) is 53.4 Å². The van der Waals surface area contributed by atoms with E-state index >= 15 is 0 Å². The van der Waals surface area contributed by atoms with Crippen LogP contribution in [0.4, 0.5) is 11.6 Å². The van der Waals surface area contributed by atoms with Crippen molar-refractivity contribution in [2.45, 2.75) is 0 Å². The van der Waals surface area contributed by atoms with Crippen LogP contribution >= 0.6 is 0 Å². The summed E-state index contributed by atoms with van der Waals surface area (Å²) in [4.78, 5) is 29.5. The number of hydrogen-bond donors (Lipinski definition) is 2. The largest absolute Gasteiger partial charge is 0.354 e. The lowest BCUT2D eigenvalue weighted by molar-refractivity contribution is 0.102. The summed E-state index contributed by atoms with van der Waals surface area (Å²) < 4.78 is 0. The minimum atomic E-state index is -0.241. The van der Waals surface area contributed by atoms with Crippen molar-refractivity contribution in [3.8, 4) is 11.1 Å². The van der Waals surface area contributed by atoms with Crippen LogP contribution in [0, 0.1) is 0 Å². The van der Waals surface area contributed by atoms with Crippen LogP contribution in [-0.2, 0) is 0 Å². The summed E-state index contributed by atoms with van der Waals surface area (Å²) >= 11 is 0. The second-order valence-electron chi connectivity index (χ2n) is 8.79. The van der Waals surface area contributed by atoms with Crippen LogP contribution < -0.4 is 10.2 Å². The molecule has 0 radical (unpaired) electrons. The maximum absolute atomic E-state index is 13.0. The molecule has 5 heterocycles. The molecule has 174 valence electrons. The van der Waals surface area contributed by atoms with Gasteiger partial charge in [0.1, 0.15) is 11.5 Å². The molecule has 0 saturated carbocycles. The molecule has 0 unspecified atom stereocenters. The number of amides is 1. The highest BCUT2D eigenvalue weighted by Crippen LogP contribution is 2.26. The van der Waals surface area contributed by atoms with Crippen molar-refractivity contribution in [3.63, 3.8) is 0 Å². The minimum absolute atomic E-state index is 0.241. The molecule has 5 aromatic rings. The summed E-state index contributed by atoms with van der Waals surface area (Å²) in [5, 5.41) is 13.3. The molecular formula is C26H24N8O. The zero-order valence-corrected chi connectivity index (χ0v) is 19.3. The predicted molar refractivity (Wildman–Crippen MR) is 137 cm³/mol. The van der Waals surface area contributed by atoms with Crippen molar-refractivity contribution in [1.29, 1.82) is 0 Å². The molecule has 0 spiro atoms. The number of rotatable bonds is 4. The second kappa shape index (κ2) is 8.77. The Morgan fingerprint density at radius 1 is 0.914 bits per heavy atom. The molecule has 1 aromatic carbocycles. The highest BCUT2D eigenvalue weighted by Gasteiger charge is 2.17. The number of likely N-dealkylation sites (N-methyl/N-ethyl adjacent to an activating group) is 1. The first-order chi connectivity index (χ1) is 17.1. The number of nitrogens with one attached hydrogen (secondary N) is 2. The summed E-state index contributed by atoms with van der Waals surface area (Å²) in [6.45, 7) is 3.73. The van der Waals surface area contributed by atoms with Crippen LogP contribution in [0.25, 0.3) is 33.1 Å². The van der Waals surface area contributed by atoms with Gasteiger partial charge in [-0.2, -0.15) is 0 Å². The normalized spacial score (nSPS) is 14.5. The lowest BCUT2D eigenvalue weighted by Gasteiger charge is -2.33. The molecule has 0 atom stereocenters. The molecule has 1 fully saturated rings. The number of H-pyrrole nitrogens is 1. The van der Waals surface area contributed by atoms with E-state index in [0.717, 1.165) is 65.1 Å². The molecule has 0 bridgehead atoms. The highest BCUT2D eigenvalue weighted by molar-refractivity contribution is 6.04. The van der Waals surface area contributed by atoms with Gasteiger partial charge in [-0.05, 0) is 55.1 Å². The summed E-state index contributed by atoms with van der Waals surface area (Å²) in [5.41, 5.74) is 4.18. The first kappa shape index (κ1) is 21.2. The van der Waals surface area contributed by atoms with Gasteiger partial charge in [0.2, 0.25) is 0 Å². The first-order valence-corrected chi connectivity index (χ1v) is 11.5. The Bertz CT molecular complexity index is 1540. The molecule has 35 heavy (non-hydrogen) atoms. The zero-order chi connectivity index (χ0) is 23.8. The smallest absolute Gasteiger partial charge is 0.257 e. The maximum Gasteiger partial charge on any atom is 0.257 e. The molecule has 1 aliphatic heterocycles. The number of nitrogens with zero attached hydrogens (tertiary/aromatic N) is 6. The van der Waals surface area contributed by atoms with Crippen LogP contribution in [0.1, 0.15) is 10.4 Å². The summed E-state index contributed by atoms with van der Waals surface area (Å²) in [6.07, 6.45) is 5.40. The van der Waals surface area contributed by atoms with Crippen molar-refractivity contribution >= 4 is 39.5 Å². The highest BCUT2D eigenvalue weighted by atomic mass is 16.1. The Balaban J connectivity index is 1.24. The fourth-order valence-corrected chi connectivity index (χ4v) is 4.34. The number of carbonyl (C=O) groups is 1. The Morgan fingerprint density at radius 3 is 2.66 bits per heavy atom. The summed E-state index contributed by atoms with van der Waals surface area (Å²) in [5.74, 6) is 0.972. The second-order valence-corrected chi connectivity index (χ2v) is 8.79. The van der Waals surface area contributed by atoms with Gasteiger partial charge in [-0.1, -0.05) is 6.07 Å². The third kappa shape index (κ3) is 4.29. The minimum Gasteiger partial charge on any atom is -0.354 e. The van der Waals surface area contributed by atoms with Gasteiger partial charge in [0, 0.05) is 66.7 Å². The van der Waals surface area contributed by atoms with Crippen molar-refractivity contribution in [3.05, 3.63) is 72.7 Å². The van der Waals surface area contributed by atoms with Gasteiger partial charge in [0.25, 0.3) is 5.91 Å². The van der Waals surface area contributed by atoms with E-state index in [1.807, 2.05) is 48.8 Å². The average Bonchev–Trinajstić information content (AvgIpc) is 3.37. The number of fused-ring (bicyclic) bond motifs is 2. The Hall–Kier alpha value is -4.37. The topological polar surface area (TPSA) is 103 Å². The molecule has 1 aliphatic rings. The molecule has 9 nitrogen and oxygen atoms in total. The van der Waals surface area contributed by atoms with Gasteiger partial charge in [0.15, 0.2) is 5.82 Å². The van der Waals surface area contributed by atoms with E-state index in [-0.39, 0.29) is 5.91 Å². The molecular weight excluding hydrogens is 440 g/mol. The number of anilines is 2. The molecule has 9 heteroatoms. The number of aromatic nitrogens is 5. The standard InChI is InChI=1S/C26H24N8O/c1-33-8-10-34(11-9-33)24-15-19(5-6-27-24)26(35)30-23-14-20-12-17(2-3-22(20)31-32-23)21-13-18-4-7-28-25(18)29-16-21/h2-7,12-16H,8-11H2,1H3,(H,28,29)(H,30,32,35). The third-order valence-electron chi connectivity index (χ3n) is 6.40. The van der Waals surface area contributed by atoms with Crippen molar-refractivity contribution < 1.29 is 4.79 Å². The molecule has 0 aliphatic carbocycles. The maximum atomic E-state index is 13.0. The Labute approximate surface area is 201 Å². The number of hydrogen-bond acceptors (Lipinski definition) is 7. The van der Waals surface area contributed by atoms with Crippen LogP contribution in [0.15, 0.2) is 67.1 Å². The van der Waals surface area contributed by atoms with Gasteiger partial charge in [-0.3, -0.25) is 4.79 Å². The number of piperazine rings is 1. The van der Waals surface area contributed by atoms with E-state index < -0.39 is 0 Å². The molecule has 1 saturated heterocycles. The number of pyridine rings is 2. The SMILES string of the molecule is CN1CCN(c2cc(C(=O)Nc3cc4cc(-c5cnc6[nH]ccc6c5)ccc4nn3)ccn2)CC1. The molecule has 2 N–H and O–H groups in total. The number of benzene rings is 1. The molecule has 6 rings (SSSR count). The monoisotopic (exact) mass is 464 g/mol. The summed E-state index contributed by atoms with van der Waals surface area (Å²) in [7, 11) is 2.11. The van der Waals surface area contributed by atoms with E-state index in [0.29, 0.717) is 11.4 Å². The van der Waals surface area contributed by atoms with Gasteiger partial charge in [0.05, 0.1) is 5.52 Å². The first-order valence-electron chi connectivity index (χ1n) is 11.5. The van der Waals surface area contributed by atoms with Crippen LogP contribution in [0.5, 0.6) is 0 Å². The van der Waals surface area contributed by atoms with Gasteiger partial charge >= 0.3 is 0 Å². The number of aromatic amines is 1. The quantitative estimate of drug-likeness (QED) is 0.419. The van der Waals surface area contributed by atoms with Crippen LogP contribution in [0.2, 0.25) is 0 Å². The van der Waals surface area contributed by atoms with Crippen molar-refractivity contribution in [2.75, 3.05) is 43.4 Å². The van der Waals surface area contributed by atoms with Crippen LogP contribution in [-0.4, -0.2) is 69.2 Å². The van der Waals surface area contributed by atoms with Crippen molar-refractivity contribution in [2.24, 2.45) is 0 Å². The Morgan fingerprint density at radius 2 is 1.77 bits per heavy atom. The van der Waals surface area contributed by atoms with Gasteiger partial charge in [-0.25, -0.2) is 9.97 Å². The summed E-state index contributed by atoms with van der Waals surface area (Å²) in [6, 6.07) is 15.4. The zero-order valence-electron chi connectivity index (χ0n) is 19.3. The fourth-order valence-electron chi connectivity index (χ4n) is 4.34. The molecule has 1 amide bonds. The third-order valence-corrected chi connectivity index (χ3v) is 6.40. The lowest BCUT2D eigenvalue weighted by atomic mass is 10.0. The van der Waals surface area contributed by atoms with E-state index in [4.69, 9.17) is 0 Å². The average molecular weight is 465 g/mol. The number of carbonyl (C=O) groups excluding carboxylic acids is 1. The Kier molecular flexibility index (Phi) is 5.31. The van der Waals surface area contributed by atoms with E-state index in [1.165, 1.54) is 0 Å². The lowest BCUT2D eigenvalue weighted by Crippen LogP contribution is -2.44. The van der Waals surface area contributed by atoms with Gasteiger partial charge in [-0.15, -0.1) is 10.2 Å². The van der Waals surface area contributed by atoms with E-state index in [9.17, 15) is 4.79 Å². The molecule has 4 aromatic heterocycles.